The zero-order valence-corrected chi connectivity index (χ0v) is 12.5. The van der Waals surface area contributed by atoms with E-state index in [2.05, 4.69) is 11.9 Å². The molecule has 0 aromatic rings. The number of likely N-dealkylation sites (N-methyl/N-ethyl adjacent to an activating group) is 1. The van der Waals surface area contributed by atoms with Crippen LogP contribution in [0.5, 0.6) is 0 Å². The summed E-state index contributed by atoms with van der Waals surface area (Å²) in [7, 11) is 5.43. The molecule has 0 aromatic heterocycles. The van der Waals surface area contributed by atoms with Gasteiger partial charge in [-0.25, -0.2) is 0 Å². The van der Waals surface area contributed by atoms with Gasteiger partial charge in [-0.05, 0) is 7.05 Å². The van der Waals surface area contributed by atoms with Crippen LogP contribution in [0, 0.1) is 0 Å². The Morgan fingerprint density at radius 3 is 1.56 bits per heavy atom. The predicted molar refractivity (Wildman–Crippen MR) is 72.1 cm³/mol. The Labute approximate surface area is 111 Å². The molecule has 0 spiro atoms. The summed E-state index contributed by atoms with van der Waals surface area (Å²) < 4.78 is 21.4. The Kier molecular flexibility index (Phi) is 11.7. The second-order valence-electron chi connectivity index (χ2n) is 4.03. The molecule has 0 aromatic carbocycles. The van der Waals surface area contributed by atoms with Gasteiger partial charge in [-0.15, -0.1) is 0 Å². The minimum absolute atomic E-state index is 0.150. The third kappa shape index (κ3) is 7.28. The summed E-state index contributed by atoms with van der Waals surface area (Å²) in [6, 6.07) is 0. The molecule has 110 valence electrons. The van der Waals surface area contributed by atoms with Crippen molar-refractivity contribution in [1.29, 1.82) is 0 Å². The molecular formula is C13H29NO4. The lowest BCUT2D eigenvalue weighted by atomic mass is 10.2. The number of methoxy groups -OCH3 is 2. The Bertz CT molecular complexity index is 162. The maximum atomic E-state index is 5.72. The molecule has 1 fully saturated rings. The number of hydrogen-bond donors (Lipinski definition) is 0. The van der Waals surface area contributed by atoms with Crippen LogP contribution < -0.4 is 0 Å². The molecule has 2 atom stereocenters. The van der Waals surface area contributed by atoms with E-state index >= 15 is 0 Å². The van der Waals surface area contributed by atoms with Gasteiger partial charge >= 0.3 is 0 Å². The molecule has 18 heavy (non-hydrogen) atoms. The van der Waals surface area contributed by atoms with Gasteiger partial charge in [-0.2, -0.15) is 0 Å². The third-order valence-electron chi connectivity index (χ3n) is 2.64. The van der Waals surface area contributed by atoms with Crippen LogP contribution in [-0.2, 0) is 18.9 Å². The lowest BCUT2D eigenvalue weighted by Gasteiger charge is -2.19. The van der Waals surface area contributed by atoms with Gasteiger partial charge in [0, 0.05) is 27.3 Å². The van der Waals surface area contributed by atoms with Crippen LogP contribution in [0.25, 0.3) is 0 Å². The Hall–Kier alpha value is -0.200. The van der Waals surface area contributed by atoms with Gasteiger partial charge in [0.1, 0.15) is 0 Å². The van der Waals surface area contributed by atoms with E-state index in [1.54, 1.807) is 14.2 Å². The van der Waals surface area contributed by atoms with Gasteiger partial charge in [0.05, 0.1) is 38.6 Å². The average molecular weight is 263 g/mol. The molecule has 1 saturated heterocycles. The van der Waals surface area contributed by atoms with Crippen molar-refractivity contribution in [3.05, 3.63) is 0 Å². The van der Waals surface area contributed by atoms with E-state index in [9.17, 15) is 0 Å². The zero-order valence-electron chi connectivity index (χ0n) is 12.5. The highest BCUT2D eigenvalue weighted by Crippen LogP contribution is 2.15. The minimum atomic E-state index is 0.150. The molecule has 1 aliphatic rings. The van der Waals surface area contributed by atoms with E-state index in [-0.39, 0.29) is 12.2 Å². The average Bonchev–Trinajstić information content (AvgIpc) is 2.73. The Morgan fingerprint density at radius 1 is 0.833 bits per heavy atom. The molecule has 5 nitrogen and oxygen atoms in total. The zero-order chi connectivity index (χ0) is 13.8. The first-order valence-corrected chi connectivity index (χ1v) is 6.67. The quantitative estimate of drug-likeness (QED) is 0.612. The summed E-state index contributed by atoms with van der Waals surface area (Å²) in [5, 5.41) is 0. The molecule has 1 aliphatic heterocycles. The SMILES string of the molecule is CC.COCCOC1CN(C)CC1OCCOC. The fourth-order valence-electron chi connectivity index (χ4n) is 1.81. The monoisotopic (exact) mass is 263 g/mol. The maximum absolute atomic E-state index is 5.72. The topological polar surface area (TPSA) is 40.2 Å². The van der Waals surface area contributed by atoms with Crippen molar-refractivity contribution in [3.8, 4) is 0 Å². The summed E-state index contributed by atoms with van der Waals surface area (Å²) in [6.07, 6.45) is 0.300. The van der Waals surface area contributed by atoms with Crippen molar-refractivity contribution >= 4 is 0 Å². The van der Waals surface area contributed by atoms with Crippen LogP contribution in [0.4, 0.5) is 0 Å². The first-order chi connectivity index (χ1) is 8.77. The fourth-order valence-corrected chi connectivity index (χ4v) is 1.81. The minimum Gasteiger partial charge on any atom is -0.382 e. The molecule has 1 heterocycles. The highest BCUT2D eigenvalue weighted by molar-refractivity contribution is 4.84. The fraction of sp³-hybridized carbons (Fsp3) is 1.00. The highest BCUT2D eigenvalue weighted by atomic mass is 16.6. The first kappa shape index (κ1) is 17.8. The summed E-state index contributed by atoms with van der Waals surface area (Å²) in [6.45, 7) is 8.34. The van der Waals surface area contributed by atoms with E-state index in [1.807, 2.05) is 13.8 Å². The molecule has 0 N–H and O–H groups in total. The third-order valence-corrected chi connectivity index (χ3v) is 2.64. The normalized spacial score (nSPS) is 23.8. The van der Waals surface area contributed by atoms with Crippen molar-refractivity contribution in [1.82, 2.24) is 4.90 Å². The van der Waals surface area contributed by atoms with Crippen molar-refractivity contribution in [3.63, 3.8) is 0 Å². The van der Waals surface area contributed by atoms with E-state index in [4.69, 9.17) is 18.9 Å². The summed E-state index contributed by atoms with van der Waals surface area (Å²) in [5.74, 6) is 0. The van der Waals surface area contributed by atoms with Crippen LogP contribution in [0.2, 0.25) is 0 Å². The van der Waals surface area contributed by atoms with E-state index in [0.29, 0.717) is 26.4 Å². The molecule has 1 rings (SSSR count). The number of rotatable bonds is 8. The highest BCUT2D eigenvalue weighted by Gasteiger charge is 2.32. The molecule has 0 aliphatic carbocycles. The molecule has 2 unspecified atom stereocenters. The van der Waals surface area contributed by atoms with Crippen molar-refractivity contribution < 1.29 is 18.9 Å². The Morgan fingerprint density at radius 2 is 1.22 bits per heavy atom. The van der Waals surface area contributed by atoms with Gasteiger partial charge in [-0.1, -0.05) is 13.8 Å². The summed E-state index contributed by atoms with van der Waals surface area (Å²) in [5.41, 5.74) is 0. The summed E-state index contributed by atoms with van der Waals surface area (Å²) in [4.78, 5) is 2.22. The molecule has 0 amide bonds. The van der Waals surface area contributed by atoms with Gasteiger partial charge in [0.2, 0.25) is 0 Å². The molecular weight excluding hydrogens is 234 g/mol. The van der Waals surface area contributed by atoms with Gasteiger partial charge in [0.25, 0.3) is 0 Å². The number of hydrogen-bond acceptors (Lipinski definition) is 5. The second-order valence-corrected chi connectivity index (χ2v) is 4.03. The maximum Gasteiger partial charge on any atom is 0.0976 e. The van der Waals surface area contributed by atoms with E-state index in [0.717, 1.165) is 13.1 Å². The molecule has 0 saturated carbocycles. The standard InChI is InChI=1S/C11H23NO4.C2H6/c1-12-8-10(15-6-4-13-2)11(9-12)16-7-5-14-3;1-2/h10-11H,4-9H2,1-3H3;1-2H3. The van der Waals surface area contributed by atoms with Gasteiger partial charge in [0.15, 0.2) is 0 Å². The van der Waals surface area contributed by atoms with Crippen LogP contribution in [-0.4, -0.2) is 77.9 Å². The molecule has 5 heteroatoms. The van der Waals surface area contributed by atoms with E-state index in [1.165, 1.54) is 0 Å². The van der Waals surface area contributed by atoms with Crippen molar-refractivity contribution in [2.75, 3.05) is 60.8 Å². The van der Waals surface area contributed by atoms with Crippen LogP contribution in [0.3, 0.4) is 0 Å². The van der Waals surface area contributed by atoms with E-state index < -0.39 is 0 Å². The predicted octanol–water partition coefficient (Wildman–Crippen LogP) is 1.02. The smallest absolute Gasteiger partial charge is 0.0976 e. The number of ether oxygens (including phenoxy) is 4. The Balaban J connectivity index is 0.00000137. The largest absolute Gasteiger partial charge is 0.382 e. The first-order valence-electron chi connectivity index (χ1n) is 6.67. The van der Waals surface area contributed by atoms with Crippen molar-refractivity contribution in [2.45, 2.75) is 26.1 Å². The van der Waals surface area contributed by atoms with Crippen LogP contribution >= 0.6 is 0 Å². The van der Waals surface area contributed by atoms with Crippen LogP contribution in [0.15, 0.2) is 0 Å². The summed E-state index contributed by atoms with van der Waals surface area (Å²) >= 11 is 0. The van der Waals surface area contributed by atoms with Crippen LogP contribution in [0.1, 0.15) is 13.8 Å². The molecule has 0 radical (unpaired) electrons. The lowest BCUT2D eigenvalue weighted by molar-refractivity contribution is -0.0658. The van der Waals surface area contributed by atoms with Gasteiger partial charge in [-0.3, -0.25) is 0 Å². The van der Waals surface area contributed by atoms with Crippen molar-refractivity contribution in [2.24, 2.45) is 0 Å². The molecule has 0 bridgehead atoms. The number of likely N-dealkylation sites (tertiary alicyclic amines) is 1. The second kappa shape index (κ2) is 11.9. The lowest BCUT2D eigenvalue weighted by Crippen LogP contribution is -2.32. The number of nitrogens with zero attached hydrogens (tertiary/aromatic N) is 1. The van der Waals surface area contributed by atoms with Gasteiger partial charge < -0.3 is 23.8 Å².